The molecule has 0 bridgehead atoms. The highest BCUT2D eigenvalue weighted by Gasteiger charge is 2.29. The molecule has 1 rings (SSSR count). The summed E-state index contributed by atoms with van der Waals surface area (Å²) < 4.78 is 0. The van der Waals surface area contributed by atoms with Gasteiger partial charge in [-0.25, -0.2) is 0 Å². The molecule has 1 fully saturated rings. The summed E-state index contributed by atoms with van der Waals surface area (Å²) in [5.74, 6) is -0.916. The topological polar surface area (TPSA) is 69.8 Å². The van der Waals surface area contributed by atoms with E-state index in [0.29, 0.717) is 12.5 Å². The van der Waals surface area contributed by atoms with Gasteiger partial charge in [0.1, 0.15) is 5.54 Å². The quantitative estimate of drug-likeness (QED) is 0.729. The largest absolute Gasteiger partial charge is 0.480 e. The minimum Gasteiger partial charge on any atom is -0.480 e. The molecule has 1 aliphatic heterocycles. The highest BCUT2D eigenvalue weighted by atomic mass is 16.4. The first-order valence-corrected chi connectivity index (χ1v) is 6.85. The van der Waals surface area contributed by atoms with Crippen LogP contribution in [0, 0.1) is 0 Å². The van der Waals surface area contributed by atoms with Gasteiger partial charge in [0.05, 0.1) is 0 Å². The van der Waals surface area contributed by atoms with Crippen LogP contribution in [-0.4, -0.2) is 65.2 Å². The first-order chi connectivity index (χ1) is 8.36. The lowest BCUT2D eigenvalue weighted by Crippen LogP contribution is -2.52. The van der Waals surface area contributed by atoms with Crippen LogP contribution < -0.4 is 5.73 Å². The summed E-state index contributed by atoms with van der Waals surface area (Å²) in [6.45, 7) is 11.0. The Bertz CT molecular complexity index is 273. The third-order valence-corrected chi connectivity index (χ3v) is 4.06. The second-order valence-electron chi connectivity index (χ2n) is 5.61. The van der Waals surface area contributed by atoms with Crippen molar-refractivity contribution in [3.63, 3.8) is 0 Å². The van der Waals surface area contributed by atoms with Gasteiger partial charge in [-0.3, -0.25) is 9.69 Å². The molecule has 5 heteroatoms. The Hall–Kier alpha value is -0.650. The van der Waals surface area contributed by atoms with Crippen molar-refractivity contribution in [1.29, 1.82) is 0 Å². The fourth-order valence-electron chi connectivity index (χ4n) is 2.18. The lowest BCUT2D eigenvalue weighted by Gasteiger charge is -2.38. The minimum absolute atomic E-state index is 0.506. The molecular formula is C13H27N3O2. The highest BCUT2D eigenvalue weighted by Crippen LogP contribution is 2.12. The molecule has 0 amide bonds. The maximum Gasteiger partial charge on any atom is 0.323 e. The lowest BCUT2D eigenvalue weighted by molar-refractivity contribution is -0.143. The van der Waals surface area contributed by atoms with E-state index in [1.165, 1.54) is 6.42 Å². The van der Waals surface area contributed by atoms with E-state index in [9.17, 15) is 4.79 Å². The van der Waals surface area contributed by atoms with E-state index >= 15 is 0 Å². The summed E-state index contributed by atoms with van der Waals surface area (Å²) in [7, 11) is 0. The van der Waals surface area contributed by atoms with Crippen LogP contribution in [0.15, 0.2) is 0 Å². The van der Waals surface area contributed by atoms with E-state index in [1.807, 2.05) is 0 Å². The molecule has 0 aliphatic carbocycles. The summed E-state index contributed by atoms with van der Waals surface area (Å²) in [6, 6.07) is 0.644. The number of nitrogens with zero attached hydrogens (tertiary/aromatic N) is 2. The van der Waals surface area contributed by atoms with Gasteiger partial charge in [-0.05, 0) is 26.7 Å². The lowest BCUT2D eigenvalue weighted by atomic mass is 9.99. The summed E-state index contributed by atoms with van der Waals surface area (Å²) in [5.41, 5.74) is 4.63. The number of carboxylic acid groups (broad SMARTS) is 1. The van der Waals surface area contributed by atoms with Gasteiger partial charge >= 0.3 is 5.97 Å². The number of aliphatic carboxylic acids is 1. The molecule has 1 heterocycles. The predicted octanol–water partition coefficient (Wildman–Crippen LogP) is 0.595. The third kappa shape index (κ3) is 4.23. The molecular weight excluding hydrogens is 230 g/mol. The van der Waals surface area contributed by atoms with E-state index in [1.54, 1.807) is 6.92 Å². The SMILES string of the molecule is CCC(C)N1CCN(CCC(C)(N)C(=O)O)CC1. The zero-order valence-electron chi connectivity index (χ0n) is 11.9. The molecule has 0 aromatic heterocycles. The summed E-state index contributed by atoms with van der Waals surface area (Å²) in [6.07, 6.45) is 1.69. The number of piperazine rings is 1. The van der Waals surface area contributed by atoms with Crippen molar-refractivity contribution >= 4 is 5.97 Å². The normalized spacial score (nSPS) is 23.6. The first-order valence-electron chi connectivity index (χ1n) is 6.85. The Labute approximate surface area is 110 Å². The summed E-state index contributed by atoms with van der Waals surface area (Å²) >= 11 is 0. The number of hydrogen-bond donors (Lipinski definition) is 2. The molecule has 0 saturated carbocycles. The van der Waals surface area contributed by atoms with Crippen molar-refractivity contribution in [2.45, 2.75) is 45.2 Å². The van der Waals surface area contributed by atoms with Crippen molar-refractivity contribution in [2.24, 2.45) is 5.73 Å². The van der Waals surface area contributed by atoms with Gasteiger partial charge in [-0.1, -0.05) is 6.92 Å². The third-order valence-electron chi connectivity index (χ3n) is 4.06. The average Bonchev–Trinajstić information content (AvgIpc) is 2.36. The van der Waals surface area contributed by atoms with Crippen molar-refractivity contribution < 1.29 is 9.90 Å². The Morgan fingerprint density at radius 1 is 1.39 bits per heavy atom. The monoisotopic (exact) mass is 257 g/mol. The number of carboxylic acids is 1. The molecule has 5 nitrogen and oxygen atoms in total. The van der Waals surface area contributed by atoms with Gasteiger partial charge in [0.2, 0.25) is 0 Å². The van der Waals surface area contributed by atoms with E-state index in [2.05, 4.69) is 23.6 Å². The van der Waals surface area contributed by atoms with E-state index < -0.39 is 11.5 Å². The Morgan fingerprint density at radius 2 is 1.94 bits per heavy atom. The van der Waals surface area contributed by atoms with Crippen molar-refractivity contribution in [1.82, 2.24) is 9.80 Å². The fourth-order valence-corrected chi connectivity index (χ4v) is 2.18. The van der Waals surface area contributed by atoms with Crippen LogP contribution >= 0.6 is 0 Å². The molecule has 1 saturated heterocycles. The molecule has 0 aromatic carbocycles. The number of rotatable bonds is 6. The smallest absolute Gasteiger partial charge is 0.323 e. The number of carbonyl (C=O) groups is 1. The fraction of sp³-hybridized carbons (Fsp3) is 0.923. The number of nitrogens with two attached hydrogens (primary N) is 1. The van der Waals surface area contributed by atoms with Gasteiger partial charge < -0.3 is 15.7 Å². The minimum atomic E-state index is -1.10. The molecule has 0 aromatic rings. The molecule has 2 unspecified atom stereocenters. The molecule has 106 valence electrons. The van der Waals surface area contributed by atoms with E-state index in [4.69, 9.17) is 10.8 Å². The zero-order valence-corrected chi connectivity index (χ0v) is 11.9. The van der Waals surface area contributed by atoms with E-state index in [-0.39, 0.29) is 0 Å². The van der Waals surface area contributed by atoms with Gasteiger partial charge in [0.15, 0.2) is 0 Å². The molecule has 2 atom stereocenters. The van der Waals surface area contributed by atoms with Gasteiger partial charge in [0, 0.05) is 38.8 Å². The standard InChI is InChI=1S/C13H27N3O2/c1-4-11(2)16-9-7-15(8-10-16)6-5-13(3,14)12(17)18/h11H,4-10,14H2,1-3H3,(H,17,18). The first kappa shape index (κ1) is 15.4. The molecule has 1 aliphatic rings. The maximum atomic E-state index is 10.9. The van der Waals surface area contributed by atoms with Crippen LogP contribution in [0.1, 0.15) is 33.6 Å². The highest BCUT2D eigenvalue weighted by molar-refractivity contribution is 5.77. The van der Waals surface area contributed by atoms with Gasteiger partial charge in [-0.2, -0.15) is 0 Å². The maximum absolute atomic E-state index is 10.9. The van der Waals surface area contributed by atoms with Crippen LogP contribution in [0.25, 0.3) is 0 Å². The van der Waals surface area contributed by atoms with E-state index in [0.717, 1.165) is 32.7 Å². The van der Waals surface area contributed by atoms with Crippen LogP contribution in [0.2, 0.25) is 0 Å². The summed E-state index contributed by atoms with van der Waals surface area (Å²) in [4.78, 5) is 15.7. The Balaban J connectivity index is 2.30. The Kier molecular flexibility index (Phi) is 5.56. The average molecular weight is 257 g/mol. The van der Waals surface area contributed by atoms with Crippen LogP contribution in [0.5, 0.6) is 0 Å². The molecule has 3 N–H and O–H groups in total. The van der Waals surface area contributed by atoms with Crippen molar-refractivity contribution in [3.05, 3.63) is 0 Å². The van der Waals surface area contributed by atoms with Crippen molar-refractivity contribution in [2.75, 3.05) is 32.7 Å². The molecule has 0 spiro atoms. The second-order valence-corrected chi connectivity index (χ2v) is 5.61. The van der Waals surface area contributed by atoms with Crippen LogP contribution in [0.3, 0.4) is 0 Å². The molecule has 0 radical (unpaired) electrons. The van der Waals surface area contributed by atoms with Crippen LogP contribution in [-0.2, 0) is 4.79 Å². The zero-order chi connectivity index (χ0) is 13.8. The number of hydrogen-bond acceptors (Lipinski definition) is 4. The summed E-state index contributed by atoms with van der Waals surface area (Å²) in [5, 5.41) is 8.97. The second kappa shape index (κ2) is 6.50. The molecule has 18 heavy (non-hydrogen) atoms. The Morgan fingerprint density at radius 3 is 2.39 bits per heavy atom. The van der Waals surface area contributed by atoms with Crippen molar-refractivity contribution in [3.8, 4) is 0 Å². The van der Waals surface area contributed by atoms with Gasteiger partial charge in [-0.15, -0.1) is 0 Å². The van der Waals surface area contributed by atoms with Gasteiger partial charge in [0.25, 0.3) is 0 Å². The predicted molar refractivity (Wildman–Crippen MR) is 72.6 cm³/mol. The van der Waals surface area contributed by atoms with Crippen LogP contribution in [0.4, 0.5) is 0 Å².